The number of ether oxygens (including phenoxy) is 1. The molecule has 2 heterocycles. The number of thiazole rings is 1. The highest BCUT2D eigenvalue weighted by Gasteiger charge is 2.25. The van der Waals surface area contributed by atoms with Gasteiger partial charge in [-0.2, -0.15) is 0 Å². The van der Waals surface area contributed by atoms with Gasteiger partial charge in [-0.25, -0.2) is 13.4 Å². The molecule has 0 saturated carbocycles. The Labute approximate surface area is 135 Å². The lowest BCUT2D eigenvalue weighted by Crippen LogP contribution is -2.21. The Bertz CT molecular complexity index is 732. The summed E-state index contributed by atoms with van der Waals surface area (Å²) in [6.45, 7) is 2.55. The first-order chi connectivity index (χ1) is 10.5. The summed E-state index contributed by atoms with van der Waals surface area (Å²) in [4.78, 5) is 5.35. The maximum absolute atomic E-state index is 12.4. The van der Waals surface area contributed by atoms with Crippen LogP contribution in [0.3, 0.4) is 0 Å². The van der Waals surface area contributed by atoms with Crippen molar-refractivity contribution in [3.05, 3.63) is 40.9 Å². The number of benzene rings is 1. The quantitative estimate of drug-likeness (QED) is 0.840. The first-order valence-corrected chi connectivity index (χ1v) is 10.0. The molecule has 0 radical (unpaired) electrons. The van der Waals surface area contributed by atoms with E-state index in [0.29, 0.717) is 6.61 Å². The molecule has 0 N–H and O–H groups in total. The lowest BCUT2D eigenvalue weighted by Gasteiger charge is -2.09. The maximum atomic E-state index is 12.4. The molecule has 1 saturated heterocycles. The molecule has 1 fully saturated rings. The Morgan fingerprint density at radius 1 is 1.32 bits per heavy atom. The minimum Gasteiger partial charge on any atom is -0.377 e. The van der Waals surface area contributed by atoms with Gasteiger partial charge in [-0.15, -0.1) is 11.3 Å². The second kappa shape index (κ2) is 6.48. The Balaban J connectivity index is 1.76. The molecule has 2 aromatic rings. The molecule has 1 aliphatic heterocycles. The van der Waals surface area contributed by atoms with E-state index in [2.05, 4.69) is 4.98 Å². The molecule has 118 valence electrons. The van der Waals surface area contributed by atoms with Gasteiger partial charge in [0.05, 0.1) is 23.3 Å². The van der Waals surface area contributed by atoms with E-state index in [1.54, 1.807) is 0 Å². The monoisotopic (exact) mass is 337 g/mol. The van der Waals surface area contributed by atoms with E-state index in [1.807, 2.05) is 37.3 Å². The van der Waals surface area contributed by atoms with Crippen LogP contribution in [0.4, 0.5) is 0 Å². The normalized spacial score (nSPS) is 18.7. The van der Waals surface area contributed by atoms with Gasteiger partial charge in [0.15, 0.2) is 9.84 Å². The third-order valence-corrected chi connectivity index (χ3v) is 6.73. The third kappa shape index (κ3) is 3.74. The van der Waals surface area contributed by atoms with Gasteiger partial charge in [-0.1, -0.05) is 30.3 Å². The molecule has 0 amide bonds. The van der Waals surface area contributed by atoms with Gasteiger partial charge in [-0.3, -0.25) is 0 Å². The molecule has 4 nitrogen and oxygen atoms in total. The summed E-state index contributed by atoms with van der Waals surface area (Å²) in [5.74, 6) is 0.175. The fraction of sp³-hybridized carbons (Fsp3) is 0.438. The predicted molar refractivity (Wildman–Crippen MR) is 88.8 cm³/mol. The number of hydrogen-bond acceptors (Lipinski definition) is 5. The Kier molecular flexibility index (Phi) is 4.61. The molecule has 0 spiro atoms. The van der Waals surface area contributed by atoms with Gasteiger partial charge >= 0.3 is 0 Å². The summed E-state index contributed by atoms with van der Waals surface area (Å²) in [5, 5.41) is 0.875. The van der Waals surface area contributed by atoms with Gasteiger partial charge in [0.2, 0.25) is 0 Å². The molecule has 3 rings (SSSR count). The van der Waals surface area contributed by atoms with E-state index in [-0.39, 0.29) is 17.6 Å². The average molecular weight is 337 g/mol. The molecule has 1 aliphatic rings. The van der Waals surface area contributed by atoms with Crippen molar-refractivity contribution in [2.24, 2.45) is 0 Å². The van der Waals surface area contributed by atoms with Crippen LogP contribution >= 0.6 is 11.3 Å². The van der Waals surface area contributed by atoms with E-state index in [0.717, 1.165) is 34.0 Å². The summed E-state index contributed by atoms with van der Waals surface area (Å²) < 4.78 is 30.1. The van der Waals surface area contributed by atoms with Gasteiger partial charge in [0.25, 0.3) is 0 Å². The van der Waals surface area contributed by atoms with Crippen molar-refractivity contribution >= 4 is 21.2 Å². The largest absolute Gasteiger partial charge is 0.377 e. The lowest BCUT2D eigenvalue weighted by atomic mass is 10.2. The highest BCUT2D eigenvalue weighted by Crippen LogP contribution is 2.29. The van der Waals surface area contributed by atoms with E-state index in [4.69, 9.17) is 4.74 Å². The molecule has 0 aliphatic carbocycles. The summed E-state index contributed by atoms with van der Waals surface area (Å²) in [6.07, 6.45) is 1.67. The van der Waals surface area contributed by atoms with Gasteiger partial charge in [0, 0.05) is 17.0 Å². The van der Waals surface area contributed by atoms with Crippen molar-refractivity contribution in [3.8, 4) is 10.6 Å². The fourth-order valence-electron chi connectivity index (χ4n) is 2.58. The zero-order chi connectivity index (χ0) is 15.6. The molecule has 22 heavy (non-hydrogen) atoms. The summed E-state index contributed by atoms with van der Waals surface area (Å²) >= 11 is 1.47. The van der Waals surface area contributed by atoms with Crippen molar-refractivity contribution in [1.29, 1.82) is 0 Å². The van der Waals surface area contributed by atoms with E-state index in [1.165, 1.54) is 11.3 Å². The highest BCUT2D eigenvalue weighted by molar-refractivity contribution is 7.90. The second-order valence-corrected chi connectivity index (χ2v) is 8.78. The SMILES string of the molecule is Cc1nc(-c2ccccc2)sc1CS(=O)(=O)CC1CCCO1. The minimum atomic E-state index is -3.16. The molecule has 1 unspecified atom stereocenters. The van der Waals surface area contributed by atoms with Crippen LogP contribution in [-0.2, 0) is 20.3 Å². The lowest BCUT2D eigenvalue weighted by molar-refractivity contribution is 0.127. The Morgan fingerprint density at radius 2 is 2.09 bits per heavy atom. The van der Waals surface area contributed by atoms with Crippen LogP contribution in [0.15, 0.2) is 30.3 Å². The molecule has 0 bridgehead atoms. The first-order valence-electron chi connectivity index (χ1n) is 7.37. The highest BCUT2D eigenvalue weighted by atomic mass is 32.2. The predicted octanol–water partition coefficient (Wildman–Crippen LogP) is 3.21. The number of aromatic nitrogens is 1. The topological polar surface area (TPSA) is 56.3 Å². The molecule has 1 atom stereocenters. The van der Waals surface area contributed by atoms with Crippen LogP contribution in [0, 0.1) is 6.92 Å². The van der Waals surface area contributed by atoms with Crippen LogP contribution in [0.2, 0.25) is 0 Å². The number of aryl methyl sites for hydroxylation is 1. The van der Waals surface area contributed by atoms with Crippen LogP contribution in [0.1, 0.15) is 23.4 Å². The van der Waals surface area contributed by atoms with Gasteiger partial charge < -0.3 is 4.74 Å². The third-order valence-electron chi connectivity index (χ3n) is 3.73. The summed E-state index contributed by atoms with van der Waals surface area (Å²) in [5.41, 5.74) is 1.83. The van der Waals surface area contributed by atoms with Crippen molar-refractivity contribution in [2.75, 3.05) is 12.4 Å². The molecular formula is C16H19NO3S2. The van der Waals surface area contributed by atoms with Crippen LogP contribution in [-0.4, -0.2) is 31.9 Å². The number of hydrogen-bond donors (Lipinski definition) is 0. The Hall–Kier alpha value is -1.24. The zero-order valence-electron chi connectivity index (χ0n) is 12.5. The van der Waals surface area contributed by atoms with Crippen molar-refractivity contribution < 1.29 is 13.2 Å². The summed E-state index contributed by atoms with van der Waals surface area (Å²) in [6, 6.07) is 9.85. The van der Waals surface area contributed by atoms with E-state index < -0.39 is 9.84 Å². The molecule has 1 aromatic carbocycles. The smallest absolute Gasteiger partial charge is 0.157 e. The Morgan fingerprint density at radius 3 is 2.77 bits per heavy atom. The van der Waals surface area contributed by atoms with Crippen LogP contribution in [0.5, 0.6) is 0 Å². The maximum Gasteiger partial charge on any atom is 0.157 e. The average Bonchev–Trinajstić information content (AvgIpc) is 3.10. The van der Waals surface area contributed by atoms with Crippen molar-refractivity contribution in [3.63, 3.8) is 0 Å². The van der Waals surface area contributed by atoms with E-state index >= 15 is 0 Å². The standard InChI is InChI=1S/C16H19NO3S2/c1-12-15(11-22(18,19)10-14-8-5-9-20-14)21-16(17-12)13-6-3-2-4-7-13/h2-4,6-7,14H,5,8-11H2,1H3. The summed E-state index contributed by atoms with van der Waals surface area (Å²) in [7, 11) is -3.16. The molecule has 1 aromatic heterocycles. The van der Waals surface area contributed by atoms with Crippen LogP contribution in [0.25, 0.3) is 10.6 Å². The first kappa shape index (κ1) is 15.6. The second-order valence-electron chi connectivity index (χ2n) is 5.58. The van der Waals surface area contributed by atoms with Gasteiger partial charge in [0.1, 0.15) is 5.01 Å². The number of nitrogens with zero attached hydrogens (tertiary/aromatic N) is 1. The number of sulfone groups is 1. The van der Waals surface area contributed by atoms with E-state index in [9.17, 15) is 8.42 Å². The minimum absolute atomic E-state index is 0.0587. The zero-order valence-corrected chi connectivity index (χ0v) is 14.1. The molecule has 6 heteroatoms. The van der Waals surface area contributed by atoms with Gasteiger partial charge in [-0.05, 0) is 19.8 Å². The van der Waals surface area contributed by atoms with Crippen molar-refractivity contribution in [1.82, 2.24) is 4.98 Å². The number of rotatable bonds is 5. The molecular weight excluding hydrogens is 318 g/mol. The fourth-order valence-corrected chi connectivity index (χ4v) is 5.78. The van der Waals surface area contributed by atoms with Crippen molar-refractivity contribution in [2.45, 2.75) is 31.6 Å². The van der Waals surface area contributed by atoms with Crippen LogP contribution < -0.4 is 0 Å².